The van der Waals surface area contributed by atoms with E-state index in [9.17, 15) is 4.91 Å². The van der Waals surface area contributed by atoms with Crippen LogP contribution < -0.4 is 0 Å². The van der Waals surface area contributed by atoms with Crippen LogP contribution in [0.2, 0.25) is 0 Å². The fourth-order valence-corrected chi connectivity index (χ4v) is 0.591. The maximum Gasteiger partial charge on any atom is 0.230 e. The first-order valence-electron chi connectivity index (χ1n) is 2.59. The second-order valence-electron chi connectivity index (χ2n) is 1.80. The van der Waals surface area contributed by atoms with Gasteiger partial charge in [0.25, 0.3) is 0 Å². The van der Waals surface area contributed by atoms with Crippen LogP contribution in [-0.4, -0.2) is 11.3 Å². The third-order valence-corrected chi connectivity index (χ3v) is 1.14. The van der Waals surface area contributed by atoms with Crippen LogP contribution in [0.3, 0.4) is 0 Å². The molecule has 0 aliphatic carbocycles. The van der Waals surface area contributed by atoms with Crippen molar-refractivity contribution in [1.82, 2.24) is 0 Å². The van der Waals surface area contributed by atoms with Gasteiger partial charge in [0, 0.05) is 22.7 Å². The van der Waals surface area contributed by atoms with E-state index in [2.05, 4.69) is 0 Å². The Hall–Kier alpha value is -0.920. The van der Waals surface area contributed by atoms with Crippen LogP contribution in [0.5, 0.6) is 0 Å². The molecule has 0 N–H and O–H groups in total. The monoisotopic (exact) mass is 110 g/mol. The maximum absolute atomic E-state index is 10.6. The third kappa shape index (κ3) is 0.832. The van der Waals surface area contributed by atoms with Crippen molar-refractivity contribution in [1.29, 1.82) is 0 Å². The second kappa shape index (κ2) is 1.90. The highest BCUT2D eigenvalue weighted by atomic mass is 16.3. The summed E-state index contributed by atoms with van der Waals surface area (Å²) in [4.78, 5) is 10.6. The van der Waals surface area contributed by atoms with Gasteiger partial charge in [-0.25, -0.2) is 0 Å². The third-order valence-electron chi connectivity index (χ3n) is 1.14. The summed E-state index contributed by atoms with van der Waals surface area (Å²) in [6.07, 6.45) is 5.53. The first-order chi connectivity index (χ1) is 3.80. The van der Waals surface area contributed by atoms with E-state index in [0.29, 0.717) is 6.54 Å². The van der Waals surface area contributed by atoms with Gasteiger partial charge in [-0.05, 0) is 6.08 Å². The molecule has 0 aromatic rings. The van der Waals surface area contributed by atoms with Gasteiger partial charge < -0.3 is 0 Å². The van der Waals surface area contributed by atoms with E-state index in [1.165, 1.54) is 0 Å². The van der Waals surface area contributed by atoms with Crippen molar-refractivity contribution in [3.05, 3.63) is 28.8 Å². The van der Waals surface area contributed by atoms with Crippen molar-refractivity contribution in [2.45, 2.75) is 6.92 Å². The molecule has 0 radical (unpaired) electrons. The van der Waals surface area contributed by atoms with E-state index in [1.807, 2.05) is 12.2 Å². The molecule has 0 aromatic heterocycles. The number of nitroso groups, excluding NO2 is 1. The van der Waals surface area contributed by atoms with Gasteiger partial charge in [-0.2, -0.15) is 0 Å². The van der Waals surface area contributed by atoms with Gasteiger partial charge in [0.1, 0.15) is 0 Å². The molecule has 0 aromatic carbocycles. The number of nitrogens with zero attached hydrogens (tertiary/aromatic N) is 1. The van der Waals surface area contributed by atoms with Crippen molar-refractivity contribution < 1.29 is 4.76 Å². The second-order valence-corrected chi connectivity index (χ2v) is 1.80. The standard InChI is InChI=1S/C6H8NO/c1-6-4-2-3-5-7(6)8/h2-4H,5H2,1H3/q+1. The predicted octanol–water partition coefficient (Wildman–Crippen LogP) is 1.24. The van der Waals surface area contributed by atoms with Crippen LogP contribution in [0, 0.1) is 4.91 Å². The largest absolute Gasteiger partial charge is 0.230 e. The number of allylic oxidation sites excluding steroid dienone is 3. The SMILES string of the molecule is CC1=CC=CC[N+]1=O. The smallest absolute Gasteiger partial charge is 0.0535 e. The molecule has 8 heavy (non-hydrogen) atoms. The molecule has 2 nitrogen and oxygen atoms in total. The highest BCUT2D eigenvalue weighted by Gasteiger charge is 2.10. The van der Waals surface area contributed by atoms with Gasteiger partial charge in [0.15, 0.2) is 0 Å². The first-order valence-corrected chi connectivity index (χ1v) is 2.59. The minimum atomic E-state index is 0.502. The number of hydrogen-bond acceptors (Lipinski definition) is 1. The predicted molar refractivity (Wildman–Crippen MR) is 31.4 cm³/mol. The van der Waals surface area contributed by atoms with E-state index in [1.54, 1.807) is 13.0 Å². The molecule has 1 aliphatic rings. The summed E-state index contributed by atoms with van der Waals surface area (Å²) in [6.45, 7) is 2.30. The maximum atomic E-state index is 10.6. The lowest BCUT2D eigenvalue weighted by Gasteiger charge is -1.90. The van der Waals surface area contributed by atoms with Crippen LogP contribution in [0.15, 0.2) is 23.9 Å². The Labute approximate surface area is 48.1 Å². The molecule has 0 bridgehead atoms. The average Bonchev–Trinajstić information content (AvgIpc) is 1.77. The molecule has 0 spiro atoms. The van der Waals surface area contributed by atoms with E-state index >= 15 is 0 Å². The zero-order valence-electron chi connectivity index (χ0n) is 4.79. The Morgan fingerprint density at radius 2 is 2.50 bits per heavy atom. The van der Waals surface area contributed by atoms with Crippen molar-refractivity contribution >= 4 is 0 Å². The Morgan fingerprint density at radius 1 is 1.75 bits per heavy atom. The van der Waals surface area contributed by atoms with E-state index < -0.39 is 0 Å². The number of rotatable bonds is 0. The van der Waals surface area contributed by atoms with Crippen LogP contribution >= 0.6 is 0 Å². The van der Waals surface area contributed by atoms with E-state index in [-0.39, 0.29) is 0 Å². The highest BCUT2D eigenvalue weighted by Crippen LogP contribution is 1.99. The van der Waals surface area contributed by atoms with Crippen LogP contribution in [-0.2, 0) is 0 Å². The van der Waals surface area contributed by atoms with Gasteiger partial charge in [-0.3, -0.25) is 0 Å². The van der Waals surface area contributed by atoms with Crippen LogP contribution in [0.25, 0.3) is 0 Å². The van der Waals surface area contributed by atoms with Crippen molar-refractivity contribution in [2.24, 2.45) is 0 Å². The molecule has 0 saturated carbocycles. The molecule has 0 fully saturated rings. The summed E-state index contributed by atoms with van der Waals surface area (Å²) < 4.78 is 0.958. The zero-order valence-corrected chi connectivity index (χ0v) is 4.79. The molecule has 42 valence electrons. The van der Waals surface area contributed by atoms with Crippen LogP contribution in [0.4, 0.5) is 0 Å². The molecule has 2 heteroatoms. The lowest BCUT2D eigenvalue weighted by atomic mass is 10.3. The molecular weight excluding hydrogens is 102 g/mol. The van der Waals surface area contributed by atoms with E-state index in [0.717, 1.165) is 10.5 Å². The fourth-order valence-electron chi connectivity index (χ4n) is 0.591. The van der Waals surface area contributed by atoms with Gasteiger partial charge in [-0.15, -0.1) is 0 Å². The average molecular weight is 110 g/mol. The Morgan fingerprint density at radius 3 is 2.88 bits per heavy atom. The summed E-state index contributed by atoms with van der Waals surface area (Å²) >= 11 is 0. The van der Waals surface area contributed by atoms with Gasteiger partial charge in [0.05, 0.1) is 0 Å². The quantitative estimate of drug-likeness (QED) is 0.429. The minimum Gasteiger partial charge on any atom is -0.0535 e. The van der Waals surface area contributed by atoms with Gasteiger partial charge in [-0.1, -0.05) is 6.08 Å². The lowest BCUT2D eigenvalue weighted by molar-refractivity contribution is -0.488. The van der Waals surface area contributed by atoms with E-state index in [4.69, 9.17) is 0 Å². The van der Waals surface area contributed by atoms with Crippen molar-refractivity contribution in [3.8, 4) is 0 Å². The molecule has 1 rings (SSSR count). The topological polar surface area (TPSA) is 20.1 Å². The molecule has 0 amide bonds. The van der Waals surface area contributed by atoms with Crippen LogP contribution in [0.1, 0.15) is 6.92 Å². The molecule has 0 unspecified atom stereocenters. The van der Waals surface area contributed by atoms with Gasteiger partial charge in [0.2, 0.25) is 12.2 Å². The summed E-state index contributed by atoms with van der Waals surface area (Å²) in [5, 5.41) is 0. The Bertz CT molecular complexity index is 167. The Kier molecular flexibility index (Phi) is 1.24. The lowest BCUT2D eigenvalue weighted by Crippen LogP contribution is -2.06. The minimum absolute atomic E-state index is 0.502. The summed E-state index contributed by atoms with van der Waals surface area (Å²) in [6, 6.07) is 0. The number of hydrogen-bond donors (Lipinski definition) is 0. The van der Waals surface area contributed by atoms with Gasteiger partial charge >= 0.3 is 0 Å². The molecule has 0 atom stereocenters. The molecule has 1 heterocycles. The first kappa shape index (κ1) is 5.22. The highest BCUT2D eigenvalue weighted by molar-refractivity contribution is 5.08. The summed E-state index contributed by atoms with van der Waals surface area (Å²) in [7, 11) is 0. The van der Waals surface area contributed by atoms with Crippen molar-refractivity contribution in [2.75, 3.05) is 6.54 Å². The van der Waals surface area contributed by atoms with Crippen molar-refractivity contribution in [3.63, 3.8) is 0 Å². The summed E-state index contributed by atoms with van der Waals surface area (Å²) in [5.41, 5.74) is 0.785. The summed E-state index contributed by atoms with van der Waals surface area (Å²) in [5.74, 6) is 0. The molecular formula is C6H8NO+. The molecule has 0 saturated heterocycles. The Balaban J connectivity index is 2.80. The fraction of sp³-hybridized carbons (Fsp3) is 0.333. The molecule has 1 aliphatic heterocycles. The zero-order chi connectivity index (χ0) is 5.98. The normalized spacial score (nSPS) is 18.6.